The number of phenols is 4. The third-order valence-corrected chi connectivity index (χ3v) is 10.6. The Kier molecular flexibility index (Phi) is 11.5. The highest BCUT2D eigenvalue weighted by molar-refractivity contribution is 7.43. The van der Waals surface area contributed by atoms with Crippen LogP contribution in [0.25, 0.3) is 0 Å². The van der Waals surface area contributed by atoms with Crippen molar-refractivity contribution < 1.29 is 47.6 Å². The molecule has 0 radical (unpaired) electrons. The van der Waals surface area contributed by atoms with Crippen LogP contribution in [0.4, 0.5) is 0 Å². The summed E-state index contributed by atoms with van der Waals surface area (Å²) in [7, 11) is -4.19. The lowest BCUT2D eigenvalue weighted by atomic mass is 10.1. The van der Waals surface area contributed by atoms with E-state index in [1.54, 1.807) is 76.2 Å². The van der Waals surface area contributed by atoms with Crippen LogP contribution in [-0.4, -0.2) is 20.4 Å². The molecule has 0 saturated heterocycles. The molecule has 0 spiro atoms. The number of hydrogen-bond acceptors (Lipinski definition) is 10. The minimum atomic E-state index is -2.10. The Balaban J connectivity index is 1.47. The molecule has 5 rings (SSSR count). The second-order valence-corrected chi connectivity index (χ2v) is 15.0. The van der Waals surface area contributed by atoms with E-state index < -0.39 is 17.2 Å². The second-order valence-electron chi connectivity index (χ2n) is 13.0. The normalized spacial score (nSPS) is 11.2. The lowest BCUT2D eigenvalue weighted by molar-refractivity contribution is 0.377. The standard InChI is InChI=1S/C40H44O10P2/c1-21-15-35(25(5)11-31(21)41)45-51(46-36-16-22(2)32(42)12-26(36)6)49-39-19-30(10)40(20-29(39)9)50-52(47-37-17-23(3)33(43)13-27(37)7)48-38-18-24(4)34(44)14-28(38)8/h11-20,41-44H,1-10H3. The van der Waals surface area contributed by atoms with Crippen LogP contribution in [0.2, 0.25) is 0 Å². The molecule has 12 heteroatoms. The maximum Gasteiger partial charge on any atom is 0.530 e. The van der Waals surface area contributed by atoms with Gasteiger partial charge in [0.2, 0.25) is 0 Å². The highest BCUT2D eigenvalue weighted by Gasteiger charge is 2.27. The summed E-state index contributed by atoms with van der Waals surface area (Å²) < 4.78 is 38.3. The summed E-state index contributed by atoms with van der Waals surface area (Å²) in [6, 6.07) is 17.0. The Labute approximate surface area is 307 Å². The molecule has 10 nitrogen and oxygen atoms in total. The predicted molar refractivity (Wildman–Crippen MR) is 204 cm³/mol. The Hall–Kier alpha value is -5.04. The van der Waals surface area contributed by atoms with E-state index in [2.05, 4.69) is 0 Å². The molecule has 0 bridgehead atoms. The van der Waals surface area contributed by atoms with Gasteiger partial charge in [0.05, 0.1) is 0 Å². The van der Waals surface area contributed by atoms with E-state index >= 15 is 0 Å². The Morgan fingerprint density at radius 1 is 0.269 bits per heavy atom. The van der Waals surface area contributed by atoms with E-state index in [4.69, 9.17) is 27.1 Å². The number of benzene rings is 5. The fourth-order valence-electron chi connectivity index (χ4n) is 5.04. The Morgan fingerprint density at radius 2 is 0.423 bits per heavy atom. The van der Waals surface area contributed by atoms with E-state index in [1.807, 2.05) is 53.7 Å². The zero-order chi connectivity index (χ0) is 38.0. The van der Waals surface area contributed by atoms with Crippen molar-refractivity contribution in [1.82, 2.24) is 0 Å². The smallest absolute Gasteiger partial charge is 0.508 e. The fraction of sp³-hybridized carbons (Fsp3) is 0.250. The molecular weight excluding hydrogens is 702 g/mol. The van der Waals surface area contributed by atoms with Crippen molar-refractivity contribution in [3.63, 3.8) is 0 Å². The number of aromatic hydroxyl groups is 4. The molecule has 4 N–H and O–H groups in total. The first-order valence-corrected chi connectivity index (χ1v) is 18.7. The van der Waals surface area contributed by atoms with Crippen molar-refractivity contribution in [1.29, 1.82) is 0 Å². The van der Waals surface area contributed by atoms with Gasteiger partial charge in [-0.25, -0.2) is 0 Å². The molecule has 0 unspecified atom stereocenters. The van der Waals surface area contributed by atoms with Crippen molar-refractivity contribution in [2.24, 2.45) is 0 Å². The molecule has 5 aromatic carbocycles. The van der Waals surface area contributed by atoms with Gasteiger partial charge in [-0.1, -0.05) is 0 Å². The van der Waals surface area contributed by atoms with E-state index in [0.717, 1.165) is 0 Å². The molecule has 0 fully saturated rings. The topological polar surface area (TPSA) is 136 Å². The zero-order valence-electron chi connectivity index (χ0n) is 30.9. The van der Waals surface area contributed by atoms with Crippen LogP contribution >= 0.6 is 17.2 Å². The van der Waals surface area contributed by atoms with E-state index in [0.29, 0.717) is 90.1 Å². The van der Waals surface area contributed by atoms with Gasteiger partial charge < -0.3 is 47.6 Å². The summed E-state index contributed by atoms with van der Waals surface area (Å²) in [5.41, 5.74) is 6.76. The molecule has 0 atom stereocenters. The zero-order valence-corrected chi connectivity index (χ0v) is 32.7. The summed E-state index contributed by atoms with van der Waals surface area (Å²) in [6.07, 6.45) is 0. The minimum Gasteiger partial charge on any atom is -0.508 e. The van der Waals surface area contributed by atoms with E-state index in [9.17, 15) is 20.4 Å². The van der Waals surface area contributed by atoms with Crippen LogP contribution in [0.3, 0.4) is 0 Å². The van der Waals surface area contributed by atoms with Gasteiger partial charge in [0.15, 0.2) is 0 Å². The lowest BCUT2D eigenvalue weighted by Crippen LogP contribution is -2.07. The molecule has 274 valence electrons. The Morgan fingerprint density at radius 3 is 0.615 bits per heavy atom. The van der Waals surface area contributed by atoms with Crippen LogP contribution in [0.15, 0.2) is 60.7 Å². The average molecular weight is 747 g/mol. The van der Waals surface area contributed by atoms with Crippen LogP contribution in [0, 0.1) is 69.2 Å². The third kappa shape index (κ3) is 8.87. The van der Waals surface area contributed by atoms with Gasteiger partial charge in [-0.15, -0.1) is 0 Å². The number of aryl methyl sites for hydroxylation is 10. The van der Waals surface area contributed by atoms with Crippen LogP contribution in [-0.2, 0) is 0 Å². The predicted octanol–water partition coefficient (Wildman–Crippen LogP) is 11.1. The van der Waals surface area contributed by atoms with Crippen molar-refractivity contribution in [3.05, 3.63) is 116 Å². The summed E-state index contributed by atoms with van der Waals surface area (Å²) in [5.74, 6) is 3.55. The lowest BCUT2D eigenvalue weighted by Gasteiger charge is -2.23. The molecular formula is C40H44O10P2. The molecule has 5 aromatic rings. The SMILES string of the molecule is Cc1cc(OP(Oc2cc(C)c(O)cc2C)Oc2cc(C)c(OP(Oc3cc(C)c(O)cc3C)Oc3cc(C)c(O)cc3C)cc2C)c(C)cc1O. The first kappa shape index (κ1) is 38.2. The maximum atomic E-state index is 10.2. The highest BCUT2D eigenvalue weighted by Crippen LogP contribution is 2.50. The second kappa shape index (κ2) is 15.7. The summed E-state index contributed by atoms with van der Waals surface area (Å²) in [5, 5.41) is 40.9. The van der Waals surface area contributed by atoms with Crippen LogP contribution in [0.5, 0.6) is 57.5 Å². The maximum absolute atomic E-state index is 10.2. The quantitative estimate of drug-likeness (QED) is 0.0913. The van der Waals surface area contributed by atoms with E-state index in [-0.39, 0.29) is 23.0 Å². The molecule has 0 aliphatic rings. The first-order valence-electron chi connectivity index (χ1n) is 16.5. The summed E-state index contributed by atoms with van der Waals surface area (Å²) in [4.78, 5) is 0. The number of phenolic OH excluding ortho intramolecular Hbond substituents is 4. The van der Waals surface area contributed by atoms with Crippen molar-refractivity contribution in [3.8, 4) is 57.5 Å². The van der Waals surface area contributed by atoms with Crippen molar-refractivity contribution in [2.45, 2.75) is 69.2 Å². The largest absolute Gasteiger partial charge is 0.530 e. The molecule has 0 amide bonds. The number of hydrogen-bond donors (Lipinski definition) is 4. The van der Waals surface area contributed by atoms with Gasteiger partial charge in [-0.05, 0) is 186 Å². The molecule has 0 aliphatic carbocycles. The van der Waals surface area contributed by atoms with Crippen LogP contribution < -0.4 is 27.1 Å². The van der Waals surface area contributed by atoms with Gasteiger partial charge >= 0.3 is 17.2 Å². The van der Waals surface area contributed by atoms with Gasteiger partial charge in [-0.2, -0.15) is 0 Å². The van der Waals surface area contributed by atoms with Gasteiger partial charge in [-0.3, -0.25) is 0 Å². The molecule has 52 heavy (non-hydrogen) atoms. The molecule has 0 heterocycles. The molecule has 0 saturated carbocycles. The average Bonchev–Trinajstić information content (AvgIpc) is 3.06. The Bertz CT molecular complexity index is 1860. The number of rotatable bonds is 12. The monoisotopic (exact) mass is 746 g/mol. The highest BCUT2D eigenvalue weighted by atomic mass is 31.2. The third-order valence-electron chi connectivity index (χ3n) is 8.48. The van der Waals surface area contributed by atoms with Crippen molar-refractivity contribution >= 4 is 17.2 Å². The van der Waals surface area contributed by atoms with Gasteiger partial charge in [0, 0.05) is 0 Å². The van der Waals surface area contributed by atoms with Gasteiger partial charge in [0.1, 0.15) is 57.5 Å². The molecule has 0 aliphatic heterocycles. The molecule has 0 aromatic heterocycles. The van der Waals surface area contributed by atoms with Crippen molar-refractivity contribution in [2.75, 3.05) is 0 Å². The van der Waals surface area contributed by atoms with E-state index in [1.165, 1.54) is 0 Å². The van der Waals surface area contributed by atoms with Crippen LogP contribution in [0.1, 0.15) is 55.6 Å². The minimum absolute atomic E-state index is 0.155. The van der Waals surface area contributed by atoms with Gasteiger partial charge in [0.25, 0.3) is 0 Å². The summed E-state index contributed by atoms with van der Waals surface area (Å²) in [6.45, 7) is 18.1. The first-order chi connectivity index (χ1) is 24.5. The summed E-state index contributed by atoms with van der Waals surface area (Å²) >= 11 is 0. The fourth-order valence-corrected chi connectivity index (χ4v) is 7.41.